The number of piperazine rings is 1. The molecular weight excluding hydrogens is 274 g/mol. The van der Waals surface area contributed by atoms with Gasteiger partial charge in [-0.05, 0) is 17.5 Å². The molecule has 2 aromatic heterocycles. The van der Waals surface area contributed by atoms with Crippen molar-refractivity contribution in [1.29, 1.82) is 0 Å². The van der Waals surface area contributed by atoms with E-state index in [4.69, 9.17) is 4.98 Å². The minimum absolute atomic E-state index is 0.786. The molecule has 0 spiro atoms. The summed E-state index contributed by atoms with van der Waals surface area (Å²) in [6.45, 7) is 3.83. The van der Waals surface area contributed by atoms with Crippen molar-refractivity contribution in [3.05, 3.63) is 48.8 Å². The topological polar surface area (TPSA) is 53.9 Å². The number of nitrogens with one attached hydrogen (secondary N) is 1. The smallest absolute Gasteiger partial charge is 0.225 e. The second-order valence-electron chi connectivity index (χ2n) is 5.40. The summed E-state index contributed by atoms with van der Waals surface area (Å²) in [5, 5.41) is 5.66. The van der Waals surface area contributed by atoms with Crippen LogP contribution < -0.4 is 10.2 Å². The molecule has 5 heteroatoms. The van der Waals surface area contributed by atoms with E-state index in [0.29, 0.717) is 0 Å². The summed E-state index contributed by atoms with van der Waals surface area (Å²) >= 11 is 0. The second kappa shape index (κ2) is 5.69. The van der Waals surface area contributed by atoms with Crippen LogP contribution in [0.5, 0.6) is 0 Å². The fourth-order valence-corrected chi connectivity index (χ4v) is 2.73. The number of anilines is 1. The Morgan fingerprint density at radius 2 is 1.73 bits per heavy atom. The number of hydrogen-bond acceptors (Lipinski definition) is 5. The minimum Gasteiger partial charge on any atom is -0.338 e. The van der Waals surface area contributed by atoms with Crippen LogP contribution in [0.15, 0.2) is 48.8 Å². The molecule has 0 bridgehead atoms. The standard InChI is InChI=1S/C17H17N5/c1-2-4-14-12-20-16(11-13(14)3-1)15-5-6-19-17(21-15)22-9-7-18-8-10-22/h1-6,11-12,18H,7-10H2. The van der Waals surface area contributed by atoms with Gasteiger partial charge in [-0.1, -0.05) is 24.3 Å². The molecule has 0 saturated carbocycles. The monoisotopic (exact) mass is 291 g/mol. The van der Waals surface area contributed by atoms with Gasteiger partial charge < -0.3 is 10.2 Å². The van der Waals surface area contributed by atoms with Crippen molar-refractivity contribution in [2.75, 3.05) is 31.1 Å². The summed E-state index contributed by atoms with van der Waals surface area (Å²) in [7, 11) is 0. The Morgan fingerprint density at radius 3 is 2.59 bits per heavy atom. The predicted molar refractivity (Wildman–Crippen MR) is 87.9 cm³/mol. The molecule has 0 amide bonds. The van der Waals surface area contributed by atoms with Gasteiger partial charge in [0.2, 0.25) is 5.95 Å². The van der Waals surface area contributed by atoms with Gasteiger partial charge in [-0.25, -0.2) is 9.97 Å². The average molecular weight is 291 g/mol. The van der Waals surface area contributed by atoms with Crippen molar-refractivity contribution in [1.82, 2.24) is 20.3 Å². The highest BCUT2D eigenvalue weighted by Crippen LogP contribution is 2.21. The summed E-state index contributed by atoms with van der Waals surface area (Å²) in [5.74, 6) is 0.786. The first-order valence-corrected chi connectivity index (χ1v) is 7.54. The van der Waals surface area contributed by atoms with Gasteiger partial charge in [0.05, 0.1) is 11.4 Å². The molecule has 0 aliphatic carbocycles. The van der Waals surface area contributed by atoms with Gasteiger partial charge in [-0.15, -0.1) is 0 Å². The van der Waals surface area contributed by atoms with Gasteiger partial charge in [-0.3, -0.25) is 4.98 Å². The summed E-state index contributed by atoms with van der Waals surface area (Å²) in [6, 6.07) is 12.2. The Kier molecular flexibility index (Phi) is 3.40. The van der Waals surface area contributed by atoms with Crippen LogP contribution in [0.25, 0.3) is 22.2 Å². The highest BCUT2D eigenvalue weighted by molar-refractivity contribution is 5.84. The fourth-order valence-electron chi connectivity index (χ4n) is 2.73. The lowest BCUT2D eigenvalue weighted by molar-refractivity contribution is 0.580. The first-order valence-electron chi connectivity index (χ1n) is 7.54. The van der Waals surface area contributed by atoms with E-state index in [9.17, 15) is 0 Å². The van der Waals surface area contributed by atoms with Gasteiger partial charge in [0.15, 0.2) is 0 Å². The van der Waals surface area contributed by atoms with Gasteiger partial charge in [-0.2, -0.15) is 0 Å². The maximum atomic E-state index is 4.70. The molecule has 1 fully saturated rings. The van der Waals surface area contributed by atoms with Gasteiger partial charge in [0.1, 0.15) is 0 Å². The van der Waals surface area contributed by atoms with Crippen LogP contribution in [0, 0.1) is 0 Å². The molecule has 0 unspecified atom stereocenters. The molecule has 22 heavy (non-hydrogen) atoms. The van der Waals surface area contributed by atoms with E-state index in [1.54, 1.807) is 0 Å². The third kappa shape index (κ3) is 2.51. The largest absolute Gasteiger partial charge is 0.338 e. The Balaban J connectivity index is 1.71. The average Bonchev–Trinajstić information content (AvgIpc) is 2.62. The van der Waals surface area contributed by atoms with E-state index < -0.39 is 0 Å². The van der Waals surface area contributed by atoms with Crippen LogP contribution in [-0.2, 0) is 0 Å². The van der Waals surface area contributed by atoms with Crippen molar-refractivity contribution in [3.63, 3.8) is 0 Å². The van der Waals surface area contributed by atoms with Crippen molar-refractivity contribution < 1.29 is 0 Å². The summed E-state index contributed by atoms with van der Waals surface area (Å²) < 4.78 is 0. The van der Waals surface area contributed by atoms with E-state index >= 15 is 0 Å². The maximum absolute atomic E-state index is 4.70. The SMILES string of the molecule is c1ccc2cc(-c3ccnc(N4CCNCC4)n3)ncc2c1. The molecule has 3 heterocycles. The fraction of sp³-hybridized carbons (Fsp3) is 0.235. The molecule has 5 nitrogen and oxygen atoms in total. The molecule has 3 aromatic rings. The second-order valence-corrected chi connectivity index (χ2v) is 5.40. The number of rotatable bonds is 2. The lowest BCUT2D eigenvalue weighted by atomic mass is 10.1. The van der Waals surface area contributed by atoms with E-state index in [0.717, 1.165) is 48.9 Å². The normalized spacial score (nSPS) is 15.2. The van der Waals surface area contributed by atoms with E-state index in [2.05, 4.69) is 38.4 Å². The quantitative estimate of drug-likeness (QED) is 0.783. The van der Waals surface area contributed by atoms with E-state index in [1.807, 2.05) is 30.6 Å². The Morgan fingerprint density at radius 1 is 0.909 bits per heavy atom. The van der Waals surface area contributed by atoms with E-state index in [-0.39, 0.29) is 0 Å². The van der Waals surface area contributed by atoms with Crippen LogP contribution in [0.3, 0.4) is 0 Å². The first-order chi connectivity index (χ1) is 10.9. The summed E-state index contributed by atoms with van der Waals surface area (Å²) in [5.41, 5.74) is 1.76. The van der Waals surface area contributed by atoms with Gasteiger partial charge >= 0.3 is 0 Å². The summed E-state index contributed by atoms with van der Waals surface area (Å²) in [6.07, 6.45) is 3.72. The highest BCUT2D eigenvalue weighted by atomic mass is 15.3. The van der Waals surface area contributed by atoms with Crippen LogP contribution in [0.2, 0.25) is 0 Å². The molecule has 1 aliphatic heterocycles. The van der Waals surface area contributed by atoms with Gasteiger partial charge in [0.25, 0.3) is 0 Å². The van der Waals surface area contributed by atoms with Crippen LogP contribution in [-0.4, -0.2) is 41.1 Å². The Bertz CT molecular complexity index is 796. The van der Waals surface area contributed by atoms with Crippen LogP contribution in [0.4, 0.5) is 5.95 Å². The Hall–Kier alpha value is -2.53. The predicted octanol–water partition coefficient (Wildman–Crippen LogP) is 2.10. The molecule has 4 rings (SSSR count). The van der Waals surface area contributed by atoms with Gasteiger partial charge in [0, 0.05) is 44.0 Å². The lowest BCUT2D eigenvalue weighted by Crippen LogP contribution is -2.44. The molecule has 1 aliphatic rings. The highest BCUT2D eigenvalue weighted by Gasteiger charge is 2.14. The van der Waals surface area contributed by atoms with Crippen molar-refractivity contribution >= 4 is 16.7 Å². The molecule has 1 N–H and O–H groups in total. The molecule has 1 aromatic carbocycles. The Labute approximate surface area is 129 Å². The zero-order valence-corrected chi connectivity index (χ0v) is 12.2. The number of aromatic nitrogens is 3. The number of hydrogen-bond donors (Lipinski definition) is 1. The lowest BCUT2D eigenvalue weighted by Gasteiger charge is -2.27. The van der Waals surface area contributed by atoms with Crippen LogP contribution >= 0.6 is 0 Å². The zero-order chi connectivity index (χ0) is 14.8. The minimum atomic E-state index is 0.786. The van der Waals surface area contributed by atoms with E-state index in [1.165, 1.54) is 5.39 Å². The number of benzene rings is 1. The third-order valence-corrected chi connectivity index (χ3v) is 3.94. The molecule has 110 valence electrons. The maximum Gasteiger partial charge on any atom is 0.225 e. The molecule has 0 radical (unpaired) electrons. The van der Waals surface area contributed by atoms with Crippen molar-refractivity contribution in [2.45, 2.75) is 0 Å². The zero-order valence-electron chi connectivity index (χ0n) is 12.2. The van der Waals surface area contributed by atoms with Crippen molar-refractivity contribution in [2.24, 2.45) is 0 Å². The molecule has 1 saturated heterocycles. The van der Waals surface area contributed by atoms with Crippen molar-refractivity contribution in [3.8, 4) is 11.4 Å². The number of fused-ring (bicyclic) bond motifs is 1. The molecular formula is C17H17N5. The summed E-state index contributed by atoms with van der Waals surface area (Å²) in [4.78, 5) is 15.9. The number of nitrogens with zero attached hydrogens (tertiary/aromatic N) is 4. The molecule has 0 atom stereocenters. The third-order valence-electron chi connectivity index (χ3n) is 3.94. The first kappa shape index (κ1) is 13.2. The number of pyridine rings is 1. The van der Waals surface area contributed by atoms with Crippen LogP contribution in [0.1, 0.15) is 0 Å².